The van der Waals surface area contributed by atoms with Crippen molar-refractivity contribution in [1.82, 2.24) is 4.31 Å². The van der Waals surface area contributed by atoms with Gasteiger partial charge in [-0.2, -0.15) is 4.31 Å². The quantitative estimate of drug-likeness (QED) is 0.726. The van der Waals surface area contributed by atoms with Gasteiger partial charge in [0.15, 0.2) is 0 Å². The molecule has 3 rings (SSSR count). The number of amides is 1. The first-order chi connectivity index (χ1) is 13.8. The third-order valence-electron chi connectivity index (χ3n) is 4.78. The summed E-state index contributed by atoms with van der Waals surface area (Å²) in [5.41, 5.74) is 0.534. The predicted octanol–water partition coefficient (Wildman–Crippen LogP) is 3.17. The molecule has 7 nitrogen and oxygen atoms in total. The summed E-state index contributed by atoms with van der Waals surface area (Å²) < 4.78 is 31.7. The molecule has 1 heterocycles. The van der Waals surface area contributed by atoms with E-state index in [4.69, 9.17) is 11.6 Å². The summed E-state index contributed by atoms with van der Waals surface area (Å²) >= 11 is 6.14. The van der Waals surface area contributed by atoms with Crippen LogP contribution in [0.4, 0.5) is 5.69 Å². The second kappa shape index (κ2) is 8.94. The third kappa shape index (κ3) is 4.77. The average molecular weight is 437 g/mol. The summed E-state index contributed by atoms with van der Waals surface area (Å²) in [6, 6.07) is 12.6. The Kier molecular flexibility index (Phi) is 6.56. The third-order valence-corrected chi connectivity index (χ3v) is 6.99. The molecular formula is C20H21ClN2O5S. The van der Waals surface area contributed by atoms with Crippen molar-refractivity contribution in [1.29, 1.82) is 0 Å². The lowest BCUT2D eigenvalue weighted by Gasteiger charge is -2.31. The fourth-order valence-electron chi connectivity index (χ4n) is 3.22. The van der Waals surface area contributed by atoms with Gasteiger partial charge in [0, 0.05) is 13.1 Å². The van der Waals surface area contributed by atoms with Crippen molar-refractivity contribution in [3.63, 3.8) is 0 Å². The second-order valence-corrected chi connectivity index (χ2v) is 9.04. The van der Waals surface area contributed by atoms with Crippen LogP contribution in [-0.2, 0) is 19.6 Å². The molecule has 1 unspecified atom stereocenters. The van der Waals surface area contributed by atoms with Gasteiger partial charge >= 0.3 is 5.97 Å². The van der Waals surface area contributed by atoms with Crippen LogP contribution in [0.15, 0.2) is 53.4 Å². The molecule has 29 heavy (non-hydrogen) atoms. The van der Waals surface area contributed by atoms with Gasteiger partial charge in [0.1, 0.15) is 0 Å². The molecule has 0 bridgehead atoms. The Bertz CT molecular complexity index is 1010. The largest absolute Gasteiger partial charge is 0.465 e. The average Bonchev–Trinajstić information content (AvgIpc) is 2.75. The van der Waals surface area contributed by atoms with Crippen LogP contribution in [0.25, 0.3) is 0 Å². The summed E-state index contributed by atoms with van der Waals surface area (Å²) in [6.45, 7) is 0.441. The first kappa shape index (κ1) is 21.3. The number of benzene rings is 2. The van der Waals surface area contributed by atoms with E-state index in [2.05, 4.69) is 10.1 Å². The van der Waals surface area contributed by atoms with E-state index in [1.165, 1.54) is 41.7 Å². The van der Waals surface area contributed by atoms with Gasteiger partial charge in [-0.15, -0.1) is 0 Å². The lowest BCUT2D eigenvalue weighted by molar-refractivity contribution is -0.120. The zero-order chi connectivity index (χ0) is 21.0. The normalized spacial score (nSPS) is 17.5. The van der Waals surface area contributed by atoms with Gasteiger partial charge in [0.2, 0.25) is 15.9 Å². The van der Waals surface area contributed by atoms with Crippen LogP contribution in [0, 0.1) is 5.92 Å². The number of hydrogen-bond acceptors (Lipinski definition) is 5. The molecule has 1 saturated heterocycles. The lowest BCUT2D eigenvalue weighted by atomic mass is 9.98. The number of methoxy groups -OCH3 is 1. The minimum absolute atomic E-state index is 0.0807. The standard InChI is InChI=1S/C20H21ClN2O5S/c1-28-20(25)14-9-10-17(21)18(12-14)22-19(24)15-6-5-11-23(13-15)29(26,27)16-7-3-2-4-8-16/h2-4,7-10,12,15H,5-6,11,13H2,1H3,(H,22,24). The van der Waals surface area contributed by atoms with E-state index in [0.717, 1.165) is 0 Å². The fraction of sp³-hybridized carbons (Fsp3) is 0.300. The van der Waals surface area contributed by atoms with Gasteiger partial charge in [-0.25, -0.2) is 13.2 Å². The highest BCUT2D eigenvalue weighted by Gasteiger charge is 2.33. The number of esters is 1. The molecule has 2 aromatic carbocycles. The topological polar surface area (TPSA) is 92.8 Å². The maximum atomic E-state index is 12.8. The molecule has 1 N–H and O–H groups in total. The van der Waals surface area contributed by atoms with Crippen LogP contribution in [0.3, 0.4) is 0 Å². The van der Waals surface area contributed by atoms with Crippen molar-refractivity contribution in [3.05, 3.63) is 59.1 Å². The first-order valence-corrected chi connectivity index (χ1v) is 10.9. The van der Waals surface area contributed by atoms with Gasteiger partial charge in [0.05, 0.1) is 34.2 Å². The number of nitrogens with zero attached hydrogens (tertiary/aromatic N) is 1. The predicted molar refractivity (Wildman–Crippen MR) is 109 cm³/mol. The monoisotopic (exact) mass is 436 g/mol. The Hall–Kier alpha value is -2.42. The van der Waals surface area contributed by atoms with Crippen molar-refractivity contribution in [2.45, 2.75) is 17.7 Å². The zero-order valence-corrected chi connectivity index (χ0v) is 17.4. The first-order valence-electron chi connectivity index (χ1n) is 9.07. The van der Waals surface area contributed by atoms with Crippen molar-refractivity contribution in [2.75, 3.05) is 25.5 Å². The molecule has 2 aromatic rings. The van der Waals surface area contributed by atoms with Crippen molar-refractivity contribution >= 4 is 39.2 Å². The molecule has 1 atom stereocenters. The highest BCUT2D eigenvalue weighted by Crippen LogP contribution is 2.27. The molecule has 1 fully saturated rings. The van der Waals surface area contributed by atoms with E-state index in [-0.39, 0.29) is 33.6 Å². The molecule has 0 aromatic heterocycles. The molecule has 0 spiro atoms. The molecule has 0 saturated carbocycles. The van der Waals surface area contributed by atoms with Crippen LogP contribution in [0.2, 0.25) is 5.02 Å². The minimum Gasteiger partial charge on any atom is -0.465 e. The maximum absolute atomic E-state index is 12.8. The number of sulfonamides is 1. The number of carbonyl (C=O) groups is 2. The zero-order valence-electron chi connectivity index (χ0n) is 15.8. The summed E-state index contributed by atoms with van der Waals surface area (Å²) in [6.07, 6.45) is 1.13. The smallest absolute Gasteiger partial charge is 0.337 e. The van der Waals surface area contributed by atoms with Crippen LogP contribution >= 0.6 is 11.6 Å². The molecule has 154 valence electrons. The van der Waals surface area contributed by atoms with Crippen LogP contribution in [0.5, 0.6) is 0 Å². The lowest BCUT2D eigenvalue weighted by Crippen LogP contribution is -2.43. The number of hydrogen-bond donors (Lipinski definition) is 1. The summed E-state index contributed by atoms with van der Waals surface area (Å²) in [5.74, 6) is -1.42. The van der Waals surface area contributed by atoms with E-state index in [9.17, 15) is 18.0 Å². The molecule has 1 amide bonds. The number of carbonyl (C=O) groups excluding carboxylic acids is 2. The summed E-state index contributed by atoms with van der Waals surface area (Å²) in [4.78, 5) is 24.7. The van der Waals surface area contributed by atoms with E-state index < -0.39 is 21.9 Å². The van der Waals surface area contributed by atoms with Gasteiger partial charge in [-0.3, -0.25) is 4.79 Å². The molecule has 9 heteroatoms. The number of anilines is 1. The Morgan fingerprint density at radius 2 is 1.90 bits per heavy atom. The van der Waals surface area contributed by atoms with Crippen molar-refractivity contribution in [3.8, 4) is 0 Å². The van der Waals surface area contributed by atoms with E-state index in [1.54, 1.807) is 18.2 Å². The molecular weight excluding hydrogens is 416 g/mol. The van der Waals surface area contributed by atoms with Crippen molar-refractivity contribution in [2.24, 2.45) is 5.92 Å². The Morgan fingerprint density at radius 1 is 1.17 bits per heavy atom. The Morgan fingerprint density at radius 3 is 2.59 bits per heavy atom. The van der Waals surface area contributed by atoms with Crippen LogP contribution in [0.1, 0.15) is 23.2 Å². The van der Waals surface area contributed by atoms with Gasteiger partial charge < -0.3 is 10.1 Å². The highest BCUT2D eigenvalue weighted by atomic mass is 35.5. The maximum Gasteiger partial charge on any atom is 0.337 e. The van der Waals surface area contributed by atoms with E-state index in [1.807, 2.05) is 0 Å². The molecule has 1 aliphatic rings. The van der Waals surface area contributed by atoms with Gasteiger partial charge in [-0.1, -0.05) is 29.8 Å². The summed E-state index contributed by atoms with van der Waals surface area (Å²) in [5, 5.41) is 2.98. The molecule has 0 aliphatic carbocycles. The summed E-state index contributed by atoms with van der Waals surface area (Å²) in [7, 11) is -2.40. The number of halogens is 1. The van der Waals surface area contributed by atoms with E-state index >= 15 is 0 Å². The van der Waals surface area contributed by atoms with Crippen molar-refractivity contribution < 1.29 is 22.7 Å². The van der Waals surface area contributed by atoms with Crippen LogP contribution in [-0.4, -0.2) is 44.8 Å². The fourth-order valence-corrected chi connectivity index (χ4v) is 4.93. The second-order valence-electron chi connectivity index (χ2n) is 6.69. The number of nitrogens with one attached hydrogen (secondary N) is 1. The SMILES string of the molecule is COC(=O)c1ccc(Cl)c(NC(=O)C2CCCN(S(=O)(=O)c3ccccc3)C2)c1. The van der Waals surface area contributed by atoms with Gasteiger partial charge in [-0.05, 0) is 43.2 Å². The van der Waals surface area contributed by atoms with Crippen LogP contribution < -0.4 is 5.32 Å². The molecule has 1 aliphatic heterocycles. The minimum atomic E-state index is -3.66. The highest BCUT2D eigenvalue weighted by molar-refractivity contribution is 7.89. The number of ether oxygens (including phenoxy) is 1. The Labute approximate surface area is 174 Å². The van der Waals surface area contributed by atoms with E-state index in [0.29, 0.717) is 19.4 Å². The number of piperidine rings is 1. The molecule has 0 radical (unpaired) electrons. The Balaban J connectivity index is 1.75. The van der Waals surface area contributed by atoms with Gasteiger partial charge in [0.25, 0.3) is 0 Å². The number of rotatable bonds is 5.